The molecule has 2 aliphatic rings. The van der Waals surface area contributed by atoms with Crippen molar-refractivity contribution in [3.63, 3.8) is 0 Å². The standard InChI is InChI=1S/C35H60N4O6S/c1-7-8-9-10-11-15-19-38-20-21-39(29(24-38)33(41)37-35(4,5)6)25-30(40)28(23-27-16-13-12-14-17-27)36-34(42)45-31-18-22-46(43,44)32(31)26(2)3/h12-14,16-17,26,28-32,40H,7-11,15,18-25H2,1-6H3,(H,36,42)(H,37,41)/t28-,29?,30+,31+,32+/m0/s1. The van der Waals surface area contributed by atoms with E-state index in [1.807, 2.05) is 69.9 Å². The summed E-state index contributed by atoms with van der Waals surface area (Å²) < 4.78 is 30.9. The van der Waals surface area contributed by atoms with Gasteiger partial charge in [0.05, 0.1) is 17.9 Å². The van der Waals surface area contributed by atoms with E-state index < -0.39 is 51.0 Å². The molecule has 262 valence electrons. The number of amides is 2. The second-order valence-electron chi connectivity index (χ2n) is 14.6. The third-order valence-corrected chi connectivity index (χ3v) is 11.6. The summed E-state index contributed by atoms with van der Waals surface area (Å²) in [4.78, 5) is 31.2. The monoisotopic (exact) mass is 664 g/mol. The first-order valence-electron chi connectivity index (χ1n) is 17.4. The van der Waals surface area contributed by atoms with Gasteiger partial charge >= 0.3 is 6.09 Å². The fourth-order valence-electron chi connectivity index (χ4n) is 6.74. The van der Waals surface area contributed by atoms with Crippen molar-refractivity contribution in [3.8, 4) is 0 Å². The number of sulfone groups is 1. The molecule has 2 saturated heterocycles. The van der Waals surface area contributed by atoms with Crippen LogP contribution >= 0.6 is 0 Å². The van der Waals surface area contributed by atoms with Gasteiger partial charge in [-0.15, -0.1) is 0 Å². The van der Waals surface area contributed by atoms with Gasteiger partial charge in [0.25, 0.3) is 0 Å². The van der Waals surface area contributed by atoms with Gasteiger partial charge in [-0.1, -0.05) is 83.2 Å². The molecule has 0 bridgehead atoms. The Hall–Kier alpha value is -2.21. The molecule has 2 fully saturated rings. The van der Waals surface area contributed by atoms with Gasteiger partial charge in [0.15, 0.2) is 9.84 Å². The molecule has 2 amide bonds. The summed E-state index contributed by atoms with van der Waals surface area (Å²) in [7, 11) is -3.34. The van der Waals surface area contributed by atoms with Crippen molar-refractivity contribution in [1.82, 2.24) is 20.4 Å². The van der Waals surface area contributed by atoms with Crippen molar-refractivity contribution in [3.05, 3.63) is 35.9 Å². The van der Waals surface area contributed by atoms with E-state index in [1.54, 1.807) is 0 Å². The summed E-state index contributed by atoms with van der Waals surface area (Å²) in [5.41, 5.74) is 0.534. The second-order valence-corrected chi connectivity index (χ2v) is 16.9. The Morgan fingerprint density at radius 3 is 2.37 bits per heavy atom. The number of piperazine rings is 1. The van der Waals surface area contributed by atoms with Crippen LogP contribution in [0.1, 0.15) is 92.1 Å². The number of carbonyl (C=O) groups is 2. The van der Waals surface area contributed by atoms with E-state index >= 15 is 0 Å². The number of rotatable bonds is 16. The highest BCUT2D eigenvalue weighted by Crippen LogP contribution is 2.29. The van der Waals surface area contributed by atoms with Crippen LogP contribution in [-0.4, -0.2) is 109 Å². The van der Waals surface area contributed by atoms with Crippen LogP contribution in [0.5, 0.6) is 0 Å². The fourth-order valence-corrected chi connectivity index (χ4v) is 9.06. The number of hydrogen-bond donors (Lipinski definition) is 3. The summed E-state index contributed by atoms with van der Waals surface area (Å²) in [5.74, 6) is -0.263. The highest BCUT2D eigenvalue weighted by Gasteiger charge is 2.45. The van der Waals surface area contributed by atoms with E-state index in [9.17, 15) is 23.1 Å². The zero-order valence-corrected chi connectivity index (χ0v) is 29.9. The maximum atomic E-state index is 13.6. The van der Waals surface area contributed by atoms with Gasteiger partial charge in [-0.25, -0.2) is 13.2 Å². The minimum absolute atomic E-state index is 0.00723. The van der Waals surface area contributed by atoms with Gasteiger partial charge in [0.1, 0.15) is 17.4 Å². The van der Waals surface area contributed by atoms with Crippen molar-refractivity contribution in [1.29, 1.82) is 0 Å². The maximum absolute atomic E-state index is 13.6. The molecule has 5 atom stereocenters. The first-order chi connectivity index (χ1) is 21.7. The molecule has 0 saturated carbocycles. The highest BCUT2D eigenvalue weighted by atomic mass is 32.2. The Morgan fingerprint density at radius 2 is 1.72 bits per heavy atom. The van der Waals surface area contributed by atoms with E-state index in [-0.39, 0.29) is 30.5 Å². The van der Waals surface area contributed by atoms with E-state index in [2.05, 4.69) is 22.5 Å². The van der Waals surface area contributed by atoms with Crippen molar-refractivity contribution in [2.45, 2.75) is 128 Å². The van der Waals surface area contributed by atoms with Crippen LogP contribution in [-0.2, 0) is 25.8 Å². The van der Waals surface area contributed by atoms with E-state index in [0.717, 1.165) is 25.1 Å². The van der Waals surface area contributed by atoms with E-state index in [1.165, 1.54) is 32.1 Å². The average molecular weight is 665 g/mol. The number of alkyl carbamates (subject to hydrolysis) is 1. The van der Waals surface area contributed by atoms with Crippen LogP contribution in [0.25, 0.3) is 0 Å². The average Bonchev–Trinajstić information content (AvgIpc) is 3.28. The van der Waals surface area contributed by atoms with Crippen molar-refractivity contribution >= 4 is 21.8 Å². The molecule has 2 heterocycles. The summed E-state index contributed by atoms with van der Waals surface area (Å²) in [6, 6.07) is 8.44. The number of aliphatic hydroxyl groups is 1. The maximum Gasteiger partial charge on any atom is 0.407 e. The molecular formula is C35H60N4O6S. The topological polar surface area (TPSA) is 128 Å². The molecule has 0 radical (unpaired) electrons. The molecule has 0 aromatic heterocycles. The molecule has 2 aliphatic heterocycles. The van der Waals surface area contributed by atoms with Crippen LogP contribution in [0.2, 0.25) is 0 Å². The van der Waals surface area contributed by atoms with E-state index in [0.29, 0.717) is 19.5 Å². The van der Waals surface area contributed by atoms with Crippen molar-refractivity contribution in [2.75, 3.05) is 38.5 Å². The zero-order valence-electron chi connectivity index (χ0n) is 29.0. The number of β-amino-alcohol motifs (C(OH)–C–C–N with tert-alkyl or cyclic N) is 1. The van der Waals surface area contributed by atoms with Crippen molar-refractivity contribution in [2.24, 2.45) is 5.92 Å². The first-order valence-corrected chi connectivity index (χ1v) is 19.1. The highest BCUT2D eigenvalue weighted by molar-refractivity contribution is 7.92. The third-order valence-electron chi connectivity index (χ3n) is 9.08. The lowest BCUT2D eigenvalue weighted by atomic mass is 9.99. The van der Waals surface area contributed by atoms with Gasteiger partial charge in [0.2, 0.25) is 5.91 Å². The number of nitrogens with one attached hydrogen (secondary N) is 2. The summed E-state index contributed by atoms with van der Waals surface area (Å²) in [6.07, 6.45) is 5.43. The number of aliphatic hydroxyl groups excluding tert-OH is 1. The van der Waals surface area contributed by atoms with Crippen LogP contribution in [0.3, 0.4) is 0 Å². The Kier molecular flexibility index (Phi) is 14.8. The molecular weight excluding hydrogens is 604 g/mol. The lowest BCUT2D eigenvalue weighted by Crippen LogP contribution is -2.63. The molecule has 0 aliphatic carbocycles. The molecule has 1 aromatic rings. The summed E-state index contributed by atoms with van der Waals surface area (Å²) in [5, 5.41) is 16.9. The molecule has 11 heteroatoms. The van der Waals surface area contributed by atoms with Crippen LogP contribution in [0.15, 0.2) is 30.3 Å². The minimum atomic E-state index is -3.34. The van der Waals surface area contributed by atoms with Crippen LogP contribution in [0.4, 0.5) is 4.79 Å². The Morgan fingerprint density at radius 1 is 1.04 bits per heavy atom. The van der Waals surface area contributed by atoms with Gasteiger partial charge in [-0.05, 0) is 58.1 Å². The lowest BCUT2D eigenvalue weighted by molar-refractivity contribution is -0.131. The number of benzene rings is 1. The normalized spacial score (nSPS) is 23.6. The number of carbonyl (C=O) groups excluding carboxylic acids is 2. The SMILES string of the molecule is CCCCCCCCN1CCN(C[C@@H](O)[C@H](Cc2ccccc2)NC(=O)O[C@@H]2CCS(=O)(=O)[C@@H]2C(C)C)C(C(=O)NC(C)(C)C)C1. The summed E-state index contributed by atoms with van der Waals surface area (Å²) >= 11 is 0. The number of unbranched alkanes of at least 4 members (excludes halogenated alkanes) is 5. The molecule has 46 heavy (non-hydrogen) atoms. The van der Waals surface area contributed by atoms with E-state index in [4.69, 9.17) is 4.74 Å². The Labute approximate surface area is 277 Å². The second kappa shape index (κ2) is 17.8. The Bertz CT molecular complexity index is 1190. The molecule has 10 nitrogen and oxygen atoms in total. The molecule has 1 aromatic carbocycles. The van der Waals surface area contributed by atoms with Gasteiger partial charge in [0, 0.05) is 31.7 Å². The molecule has 3 rings (SSSR count). The number of ether oxygens (including phenoxy) is 1. The lowest BCUT2D eigenvalue weighted by Gasteiger charge is -2.43. The number of nitrogens with zero attached hydrogens (tertiary/aromatic N) is 2. The van der Waals surface area contributed by atoms with Crippen LogP contribution in [0, 0.1) is 5.92 Å². The predicted molar refractivity (Wildman–Crippen MR) is 183 cm³/mol. The zero-order chi connectivity index (χ0) is 33.9. The van der Waals surface area contributed by atoms with Gasteiger partial charge in [-0.3, -0.25) is 14.6 Å². The minimum Gasteiger partial charge on any atom is -0.445 e. The van der Waals surface area contributed by atoms with Crippen molar-refractivity contribution < 1.29 is 27.9 Å². The Balaban J connectivity index is 1.71. The third kappa shape index (κ3) is 12.1. The van der Waals surface area contributed by atoms with Gasteiger partial charge < -0.3 is 20.5 Å². The van der Waals surface area contributed by atoms with Gasteiger partial charge in [-0.2, -0.15) is 0 Å². The predicted octanol–water partition coefficient (Wildman–Crippen LogP) is 4.16. The molecule has 3 N–H and O–H groups in total. The largest absolute Gasteiger partial charge is 0.445 e. The summed E-state index contributed by atoms with van der Waals surface area (Å²) in [6.45, 7) is 14.9. The molecule has 0 spiro atoms. The fraction of sp³-hybridized carbons (Fsp3) is 0.771. The first kappa shape index (κ1) is 38.2. The molecule has 1 unspecified atom stereocenters. The number of hydrogen-bond acceptors (Lipinski definition) is 8. The smallest absolute Gasteiger partial charge is 0.407 e. The quantitative estimate of drug-likeness (QED) is 0.225. The van der Waals surface area contributed by atoms with Crippen LogP contribution < -0.4 is 10.6 Å².